The predicted molar refractivity (Wildman–Crippen MR) is 92.6 cm³/mol. The van der Waals surface area contributed by atoms with Gasteiger partial charge in [-0.05, 0) is 34.9 Å². The first-order valence-electron chi connectivity index (χ1n) is 7.64. The number of H-pyrrole nitrogens is 1. The van der Waals surface area contributed by atoms with Gasteiger partial charge in [0.1, 0.15) is 5.82 Å². The molecule has 4 nitrogen and oxygen atoms in total. The molecule has 5 heteroatoms. The van der Waals surface area contributed by atoms with Gasteiger partial charge in [-0.25, -0.2) is 9.37 Å². The van der Waals surface area contributed by atoms with Crippen molar-refractivity contribution in [2.45, 2.75) is 6.54 Å². The lowest BCUT2D eigenvalue weighted by Gasteiger charge is -2.07. The van der Waals surface area contributed by atoms with Gasteiger partial charge in [-0.3, -0.25) is 5.10 Å². The van der Waals surface area contributed by atoms with Crippen LogP contribution in [0, 0.1) is 5.82 Å². The third kappa shape index (κ3) is 2.45. The minimum absolute atomic E-state index is 0.284. The highest BCUT2D eigenvalue weighted by molar-refractivity contribution is 6.02. The molecule has 0 aliphatic heterocycles. The van der Waals surface area contributed by atoms with Crippen LogP contribution in [0.3, 0.4) is 0 Å². The molecule has 0 radical (unpaired) electrons. The number of halogens is 1. The van der Waals surface area contributed by atoms with Crippen molar-refractivity contribution in [3.63, 3.8) is 0 Å². The maximum atomic E-state index is 13.6. The van der Waals surface area contributed by atoms with E-state index in [1.165, 1.54) is 12.1 Å². The quantitative estimate of drug-likeness (QED) is 0.602. The van der Waals surface area contributed by atoms with Crippen molar-refractivity contribution < 1.29 is 4.39 Å². The summed E-state index contributed by atoms with van der Waals surface area (Å²) >= 11 is 0. The number of hydrogen-bond donors (Lipinski definition) is 2. The molecule has 3 N–H and O–H groups in total. The zero-order valence-electron chi connectivity index (χ0n) is 12.8. The number of aromatic nitrogens is 3. The topological polar surface area (TPSA) is 67.6 Å². The summed E-state index contributed by atoms with van der Waals surface area (Å²) in [6, 6.07) is 16.4. The largest absolute Gasteiger partial charge is 0.326 e. The molecular formula is C19H15FN4. The van der Waals surface area contributed by atoms with Crippen LogP contribution in [0.4, 0.5) is 4.39 Å². The van der Waals surface area contributed by atoms with Crippen LogP contribution in [0.1, 0.15) is 5.56 Å². The van der Waals surface area contributed by atoms with E-state index in [-0.39, 0.29) is 5.82 Å². The second-order valence-corrected chi connectivity index (χ2v) is 5.57. The zero-order valence-corrected chi connectivity index (χ0v) is 12.8. The van der Waals surface area contributed by atoms with Crippen LogP contribution >= 0.6 is 0 Å². The number of nitrogens with two attached hydrogens (primary N) is 1. The molecule has 2 heterocycles. The second-order valence-electron chi connectivity index (χ2n) is 5.57. The van der Waals surface area contributed by atoms with E-state index in [0.29, 0.717) is 12.2 Å². The Kier molecular flexibility index (Phi) is 3.55. The van der Waals surface area contributed by atoms with E-state index in [9.17, 15) is 4.39 Å². The van der Waals surface area contributed by atoms with E-state index >= 15 is 0 Å². The monoisotopic (exact) mass is 318 g/mol. The highest BCUT2D eigenvalue weighted by Gasteiger charge is 2.14. The number of nitrogens with one attached hydrogen (secondary N) is 1. The van der Waals surface area contributed by atoms with Crippen molar-refractivity contribution in [3.8, 4) is 22.4 Å². The number of nitrogens with zero attached hydrogens (tertiary/aromatic N) is 2. The molecule has 0 unspecified atom stereocenters. The van der Waals surface area contributed by atoms with Gasteiger partial charge < -0.3 is 5.73 Å². The summed E-state index contributed by atoms with van der Waals surface area (Å²) < 4.78 is 13.6. The Morgan fingerprint density at radius 3 is 2.58 bits per heavy atom. The van der Waals surface area contributed by atoms with Crippen molar-refractivity contribution in [1.82, 2.24) is 15.2 Å². The summed E-state index contributed by atoms with van der Waals surface area (Å²) in [5.74, 6) is -0.284. The number of pyridine rings is 1. The molecule has 118 valence electrons. The molecule has 0 amide bonds. The molecule has 4 aromatic rings. The highest BCUT2D eigenvalue weighted by atomic mass is 19.1. The Hall–Kier alpha value is -3.05. The maximum Gasteiger partial charge on any atom is 0.182 e. The first kappa shape index (κ1) is 14.5. The molecule has 0 bridgehead atoms. The summed E-state index contributed by atoms with van der Waals surface area (Å²) in [4.78, 5) is 4.31. The molecule has 0 spiro atoms. The van der Waals surface area contributed by atoms with Crippen LogP contribution in [0.5, 0.6) is 0 Å². The normalized spacial score (nSPS) is 11.1. The van der Waals surface area contributed by atoms with E-state index in [1.807, 2.05) is 36.4 Å². The number of hydrogen-bond acceptors (Lipinski definition) is 3. The fraction of sp³-hybridized carbons (Fsp3) is 0.0526. The zero-order chi connectivity index (χ0) is 16.5. The third-order valence-electron chi connectivity index (χ3n) is 4.07. The minimum atomic E-state index is -0.284. The average molecular weight is 318 g/mol. The van der Waals surface area contributed by atoms with Crippen LogP contribution in [0.25, 0.3) is 33.4 Å². The molecule has 0 saturated carbocycles. The van der Waals surface area contributed by atoms with Gasteiger partial charge in [-0.15, -0.1) is 0 Å². The smallest absolute Gasteiger partial charge is 0.182 e. The molecule has 2 aromatic heterocycles. The van der Waals surface area contributed by atoms with Crippen LogP contribution in [-0.4, -0.2) is 15.2 Å². The van der Waals surface area contributed by atoms with Gasteiger partial charge in [0.15, 0.2) is 5.65 Å². The van der Waals surface area contributed by atoms with Crippen molar-refractivity contribution in [2.75, 3.05) is 0 Å². The molecular weight excluding hydrogens is 303 g/mol. The summed E-state index contributed by atoms with van der Waals surface area (Å²) in [5.41, 5.74) is 10.9. The molecule has 2 aromatic carbocycles. The maximum absolute atomic E-state index is 13.6. The van der Waals surface area contributed by atoms with Gasteiger partial charge in [0, 0.05) is 18.3 Å². The van der Waals surface area contributed by atoms with Gasteiger partial charge in [0.05, 0.1) is 11.1 Å². The van der Waals surface area contributed by atoms with Gasteiger partial charge >= 0.3 is 0 Å². The van der Waals surface area contributed by atoms with E-state index < -0.39 is 0 Å². The SMILES string of the molecule is NCc1ccc(-c2ccnc3n[nH]c(-c4cccc(F)c4)c23)cc1. The Bertz CT molecular complexity index is 1010. The molecule has 4 rings (SSSR count). The van der Waals surface area contributed by atoms with Crippen LogP contribution in [0.2, 0.25) is 0 Å². The third-order valence-corrected chi connectivity index (χ3v) is 4.07. The molecule has 0 aliphatic rings. The lowest BCUT2D eigenvalue weighted by atomic mass is 9.99. The summed E-state index contributed by atoms with van der Waals surface area (Å²) in [5, 5.41) is 8.14. The van der Waals surface area contributed by atoms with Crippen LogP contribution in [-0.2, 0) is 6.54 Å². The standard InChI is InChI=1S/C19H15FN4/c20-15-3-1-2-14(10-15)18-17-16(8-9-22-19(17)24-23-18)13-6-4-12(11-21)5-7-13/h1-10H,11,21H2,(H,22,23,24). The Morgan fingerprint density at radius 1 is 1.00 bits per heavy atom. The molecule has 0 atom stereocenters. The molecule has 0 saturated heterocycles. The fourth-order valence-corrected chi connectivity index (χ4v) is 2.86. The number of fused-ring (bicyclic) bond motifs is 1. The van der Waals surface area contributed by atoms with Crippen LogP contribution in [0.15, 0.2) is 60.8 Å². The summed E-state index contributed by atoms with van der Waals surface area (Å²) in [7, 11) is 0. The minimum Gasteiger partial charge on any atom is -0.326 e. The van der Waals surface area contributed by atoms with Gasteiger partial charge in [-0.2, -0.15) is 5.10 Å². The Balaban J connectivity index is 1.94. The van der Waals surface area contributed by atoms with Gasteiger partial charge in [-0.1, -0.05) is 36.4 Å². The summed E-state index contributed by atoms with van der Waals surface area (Å²) in [6.45, 7) is 0.506. The van der Waals surface area contributed by atoms with Crippen LogP contribution < -0.4 is 5.73 Å². The first-order chi connectivity index (χ1) is 11.8. The van der Waals surface area contributed by atoms with Crippen molar-refractivity contribution >= 4 is 11.0 Å². The first-order valence-corrected chi connectivity index (χ1v) is 7.64. The van der Waals surface area contributed by atoms with E-state index in [4.69, 9.17) is 5.73 Å². The molecule has 0 aliphatic carbocycles. The Labute approximate surface area is 138 Å². The van der Waals surface area contributed by atoms with E-state index in [1.54, 1.807) is 12.3 Å². The van der Waals surface area contributed by atoms with Gasteiger partial charge in [0.25, 0.3) is 0 Å². The van der Waals surface area contributed by atoms with Crippen molar-refractivity contribution in [3.05, 3.63) is 72.2 Å². The van der Waals surface area contributed by atoms with Crippen molar-refractivity contribution in [2.24, 2.45) is 5.73 Å². The fourth-order valence-electron chi connectivity index (χ4n) is 2.86. The van der Waals surface area contributed by atoms with E-state index in [0.717, 1.165) is 33.3 Å². The number of benzene rings is 2. The molecule has 24 heavy (non-hydrogen) atoms. The lowest BCUT2D eigenvalue weighted by Crippen LogP contribution is -1.95. The molecule has 0 fully saturated rings. The average Bonchev–Trinajstić information content (AvgIpc) is 3.06. The predicted octanol–water partition coefficient (Wildman–Crippen LogP) is 3.89. The Morgan fingerprint density at radius 2 is 1.83 bits per heavy atom. The van der Waals surface area contributed by atoms with E-state index in [2.05, 4.69) is 15.2 Å². The lowest BCUT2D eigenvalue weighted by molar-refractivity contribution is 0.628. The second kappa shape index (κ2) is 5.86. The summed E-state index contributed by atoms with van der Waals surface area (Å²) in [6.07, 6.45) is 1.73. The number of aromatic amines is 1. The van der Waals surface area contributed by atoms with Gasteiger partial charge in [0.2, 0.25) is 0 Å². The van der Waals surface area contributed by atoms with Crippen molar-refractivity contribution in [1.29, 1.82) is 0 Å². The number of rotatable bonds is 3. The highest BCUT2D eigenvalue weighted by Crippen LogP contribution is 2.34.